The van der Waals surface area contributed by atoms with Crippen LogP contribution in [0.4, 0.5) is 0 Å². The first-order valence-electron chi connectivity index (χ1n) is 8.93. The molecule has 0 N–H and O–H groups in total. The van der Waals surface area contributed by atoms with Crippen molar-refractivity contribution in [3.8, 4) is 11.5 Å². The number of morpholine rings is 2. The molecule has 27 heavy (non-hydrogen) atoms. The standard InChI is InChI=1S/C17H22N2O7S/c20-17(18-3-7-23-8-4-18)16-12-25-15-11-13(1-2-14(15)26-16)27(21,22)19-5-9-24-10-6-19/h1-2,11,16H,3-10,12H2. The topological polar surface area (TPSA) is 94.6 Å². The highest BCUT2D eigenvalue weighted by atomic mass is 32.2. The van der Waals surface area contributed by atoms with E-state index in [0.29, 0.717) is 64.1 Å². The maximum atomic E-state index is 12.8. The maximum Gasteiger partial charge on any atom is 0.267 e. The van der Waals surface area contributed by atoms with E-state index in [1.807, 2.05) is 0 Å². The van der Waals surface area contributed by atoms with Crippen molar-refractivity contribution in [2.24, 2.45) is 0 Å². The number of rotatable bonds is 3. The molecule has 1 atom stereocenters. The summed E-state index contributed by atoms with van der Waals surface area (Å²) in [5, 5.41) is 0. The number of carbonyl (C=O) groups excluding carboxylic acids is 1. The normalized spacial score (nSPS) is 23.9. The molecule has 1 unspecified atom stereocenters. The highest BCUT2D eigenvalue weighted by Gasteiger charge is 2.33. The van der Waals surface area contributed by atoms with Crippen molar-refractivity contribution >= 4 is 15.9 Å². The summed E-state index contributed by atoms with van der Waals surface area (Å²) in [6, 6.07) is 4.48. The van der Waals surface area contributed by atoms with E-state index in [9.17, 15) is 13.2 Å². The zero-order valence-corrected chi connectivity index (χ0v) is 15.7. The predicted molar refractivity (Wildman–Crippen MR) is 93.3 cm³/mol. The lowest BCUT2D eigenvalue weighted by Crippen LogP contribution is -2.50. The first kappa shape index (κ1) is 18.5. The molecule has 0 aromatic heterocycles. The third kappa shape index (κ3) is 3.75. The van der Waals surface area contributed by atoms with Crippen molar-refractivity contribution in [1.82, 2.24) is 9.21 Å². The Morgan fingerprint density at radius 1 is 0.963 bits per heavy atom. The van der Waals surface area contributed by atoms with E-state index in [1.165, 1.54) is 16.4 Å². The van der Waals surface area contributed by atoms with E-state index in [2.05, 4.69) is 0 Å². The van der Waals surface area contributed by atoms with Crippen molar-refractivity contribution < 1.29 is 32.2 Å². The van der Waals surface area contributed by atoms with Crippen LogP contribution in [0.1, 0.15) is 0 Å². The molecule has 148 valence electrons. The Morgan fingerprint density at radius 2 is 1.63 bits per heavy atom. The van der Waals surface area contributed by atoms with Gasteiger partial charge >= 0.3 is 0 Å². The fourth-order valence-electron chi connectivity index (χ4n) is 3.26. The van der Waals surface area contributed by atoms with Crippen LogP contribution in [0.2, 0.25) is 0 Å². The number of hydrogen-bond donors (Lipinski definition) is 0. The van der Waals surface area contributed by atoms with Gasteiger partial charge in [0.15, 0.2) is 11.5 Å². The molecule has 1 amide bonds. The third-order valence-corrected chi connectivity index (χ3v) is 6.68. The second-order valence-electron chi connectivity index (χ2n) is 6.48. The molecule has 2 saturated heterocycles. The molecule has 10 heteroatoms. The molecule has 2 fully saturated rings. The van der Waals surface area contributed by atoms with Gasteiger partial charge in [-0.05, 0) is 12.1 Å². The average Bonchev–Trinajstić information content (AvgIpc) is 2.73. The van der Waals surface area contributed by atoms with Crippen LogP contribution in [0.25, 0.3) is 0 Å². The lowest BCUT2D eigenvalue weighted by molar-refractivity contribution is -0.145. The predicted octanol–water partition coefficient (Wildman–Crippen LogP) is -0.294. The molecule has 0 aliphatic carbocycles. The van der Waals surface area contributed by atoms with Gasteiger partial charge in [-0.15, -0.1) is 0 Å². The number of nitrogens with zero attached hydrogens (tertiary/aromatic N) is 2. The second-order valence-corrected chi connectivity index (χ2v) is 8.42. The van der Waals surface area contributed by atoms with Gasteiger partial charge in [-0.25, -0.2) is 8.42 Å². The van der Waals surface area contributed by atoms with Crippen molar-refractivity contribution in [2.45, 2.75) is 11.0 Å². The molecule has 3 heterocycles. The molecule has 3 aliphatic heterocycles. The van der Waals surface area contributed by atoms with Crippen LogP contribution in [0, 0.1) is 0 Å². The summed E-state index contributed by atoms with van der Waals surface area (Å²) in [6.45, 7) is 3.55. The molecular weight excluding hydrogens is 376 g/mol. The van der Waals surface area contributed by atoms with Gasteiger partial charge in [0.2, 0.25) is 16.1 Å². The Labute approximate surface area is 157 Å². The molecule has 0 spiro atoms. The average molecular weight is 398 g/mol. The van der Waals surface area contributed by atoms with E-state index in [-0.39, 0.29) is 17.4 Å². The van der Waals surface area contributed by atoms with Gasteiger partial charge in [-0.3, -0.25) is 4.79 Å². The summed E-state index contributed by atoms with van der Waals surface area (Å²) in [5.41, 5.74) is 0. The van der Waals surface area contributed by atoms with E-state index in [4.69, 9.17) is 18.9 Å². The number of ether oxygens (including phenoxy) is 4. The minimum absolute atomic E-state index is 0.0459. The van der Waals surface area contributed by atoms with Crippen molar-refractivity contribution in [3.05, 3.63) is 18.2 Å². The molecular formula is C17H22N2O7S. The van der Waals surface area contributed by atoms with Crippen LogP contribution in [0.3, 0.4) is 0 Å². The molecule has 1 aromatic carbocycles. The van der Waals surface area contributed by atoms with Gasteiger partial charge in [0.1, 0.15) is 6.61 Å². The third-order valence-electron chi connectivity index (χ3n) is 4.78. The zero-order chi connectivity index (χ0) is 18.9. The minimum Gasteiger partial charge on any atom is -0.485 e. The maximum absolute atomic E-state index is 12.8. The van der Waals surface area contributed by atoms with E-state index in [1.54, 1.807) is 11.0 Å². The second kappa shape index (κ2) is 7.63. The highest BCUT2D eigenvalue weighted by molar-refractivity contribution is 7.89. The molecule has 0 saturated carbocycles. The van der Waals surface area contributed by atoms with Crippen LogP contribution in [0.5, 0.6) is 11.5 Å². The Bertz CT molecular complexity index is 801. The highest BCUT2D eigenvalue weighted by Crippen LogP contribution is 2.35. The SMILES string of the molecule is O=C(C1COc2cc(S(=O)(=O)N3CCOCC3)ccc2O1)N1CCOCC1. The van der Waals surface area contributed by atoms with Crippen LogP contribution in [-0.2, 0) is 24.3 Å². The van der Waals surface area contributed by atoms with E-state index >= 15 is 0 Å². The van der Waals surface area contributed by atoms with Crippen LogP contribution >= 0.6 is 0 Å². The molecule has 1 aromatic rings. The fraction of sp³-hybridized carbons (Fsp3) is 0.588. The van der Waals surface area contributed by atoms with Crippen LogP contribution < -0.4 is 9.47 Å². The Balaban J connectivity index is 1.49. The van der Waals surface area contributed by atoms with E-state index in [0.717, 1.165) is 0 Å². The quantitative estimate of drug-likeness (QED) is 0.690. The summed E-state index contributed by atoms with van der Waals surface area (Å²) in [7, 11) is -3.61. The Hall–Kier alpha value is -1.88. The minimum atomic E-state index is -3.61. The number of carbonyl (C=O) groups is 1. The number of benzene rings is 1. The van der Waals surface area contributed by atoms with Crippen molar-refractivity contribution in [2.75, 3.05) is 59.2 Å². The Kier molecular flexibility index (Phi) is 5.22. The van der Waals surface area contributed by atoms with Gasteiger partial charge in [0.05, 0.1) is 31.3 Å². The zero-order valence-electron chi connectivity index (χ0n) is 14.8. The summed E-state index contributed by atoms with van der Waals surface area (Å²) >= 11 is 0. The smallest absolute Gasteiger partial charge is 0.267 e. The van der Waals surface area contributed by atoms with Crippen LogP contribution in [-0.4, -0.2) is 88.8 Å². The molecule has 0 radical (unpaired) electrons. The van der Waals surface area contributed by atoms with Gasteiger partial charge in [-0.1, -0.05) is 0 Å². The summed E-state index contributed by atoms with van der Waals surface area (Å²) < 4.78 is 48.8. The van der Waals surface area contributed by atoms with Gasteiger partial charge in [-0.2, -0.15) is 4.31 Å². The number of amides is 1. The molecule has 0 bridgehead atoms. The monoisotopic (exact) mass is 398 g/mol. The van der Waals surface area contributed by atoms with Gasteiger partial charge < -0.3 is 23.8 Å². The van der Waals surface area contributed by atoms with Gasteiger partial charge in [0, 0.05) is 32.2 Å². The van der Waals surface area contributed by atoms with Crippen molar-refractivity contribution in [1.29, 1.82) is 0 Å². The molecule has 9 nitrogen and oxygen atoms in total. The summed E-state index contributed by atoms with van der Waals surface area (Å²) in [6.07, 6.45) is -0.739. The summed E-state index contributed by atoms with van der Waals surface area (Å²) in [4.78, 5) is 14.4. The first-order valence-corrected chi connectivity index (χ1v) is 10.4. The lowest BCUT2D eigenvalue weighted by atomic mass is 10.2. The molecule has 3 aliphatic rings. The van der Waals surface area contributed by atoms with E-state index < -0.39 is 16.1 Å². The summed E-state index contributed by atoms with van der Waals surface area (Å²) in [5.74, 6) is 0.554. The van der Waals surface area contributed by atoms with Gasteiger partial charge in [0.25, 0.3) is 5.91 Å². The fourth-order valence-corrected chi connectivity index (χ4v) is 4.68. The Morgan fingerprint density at radius 3 is 2.33 bits per heavy atom. The number of hydrogen-bond acceptors (Lipinski definition) is 7. The van der Waals surface area contributed by atoms with Crippen LogP contribution in [0.15, 0.2) is 23.1 Å². The number of sulfonamides is 1. The molecule has 4 rings (SSSR count). The largest absolute Gasteiger partial charge is 0.485 e. The van der Waals surface area contributed by atoms with Crippen molar-refractivity contribution in [3.63, 3.8) is 0 Å². The number of fused-ring (bicyclic) bond motifs is 1. The first-order chi connectivity index (χ1) is 13.1. The lowest BCUT2D eigenvalue weighted by Gasteiger charge is -2.33.